The normalized spacial score (nSPS) is 24.2. The predicted octanol–water partition coefficient (Wildman–Crippen LogP) is 1.60. The summed E-state index contributed by atoms with van der Waals surface area (Å²) in [5, 5.41) is 6.16. The van der Waals surface area contributed by atoms with Gasteiger partial charge in [0.2, 0.25) is 0 Å². The molecule has 0 aromatic heterocycles. The van der Waals surface area contributed by atoms with Crippen LogP contribution in [0.3, 0.4) is 0 Å². The zero-order valence-electron chi connectivity index (χ0n) is 11.9. The number of anilines is 1. The molecule has 2 atom stereocenters. The molecule has 0 unspecified atom stereocenters. The van der Waals surface area contributed by atoms with Crippen LogP contribution in [0.25, 0.3) is 0 Å². The number of fused-ring (bicyclic) bond motifs is 3. The molecule has 2 aliphatic heterocycles. The van der Waals surface area contributed by atoms with Gasteiger partial charge in [-0.25, -0.2) is 9.59 Å². The van der Waals surface area contributed by atoms with Gasteiger partial charge in [-0.3, -0.25) is 5.01 Å². The zero-order valence-corrected chi connectivity index (χ0v) is 11.9. The minimum Gasteiger partial charge on any atom is -0.464 e. The van der Waals surface area contributed by atoms with Crippen LogP contribution in [0, 0.1) is 5.92 Å². The van der Waals surface area contributed by atoms with Gasteiger partial charge in [-0.1, -0.05) is 19.1 Å². The molecule has 0 amide bonds. The van der Waals surface area contributed by atoms with Gasteiger partial charge in [0.1, 0.15) is 0 Å². The van der Waals surface area contributed by atoms with Gasteiger partial charge in [0.25, 0.3) is 0 Å². The molecule has 0 radical (unpaired) electrons. The highest BCUT2D eigenvalue weighted by Crippen LogP contribution is 2.34. The molecule has 0 fully saturated rings. The SMILES string of the molecule is COC(=O)C1=NN2c3ccccc3C(=O)OCC[C@@H]2[C@H]1C. The summed E-state index contributed by atoms with van der Waals surface area (Å²) in [6.45, 7) is 2.25. The summed E-state index contributed by atoms with van der Waals surface area (Å²) in [6, 6.07) is 7.11. The van der Waals surface area contributed by atoms with Gasteiger partial charge in [-0.05, 0) is 12.1 Å². The van der Waals surface area contributed by atoms with Gasteiger partial charge in [0.15, 0.2) is 5.71 Å². The summed E-state index contributed by atoms with van der Waals surface area (Å²) in [5.74, 6) is -0.875. The van der Waals surface area contributed by atoms with Crippen LogP contribution in [0.1, 0.15) is 23.7 Å². The van der Waals surface area contributed by atoms with Crippen LogP contribution in [0.2, 0.25) is 0 Å². The molecule has 2 aliphatic rings. The van der Waals surface area contributed by atoms with E-state index in [0.717, 1.165) is 0 Å². The molecule has 0 saturated carbocycles. The Morgan fingerprint density at radius 3 is 2.95 bits per heavy atom. The number of ether oxygens (including phenoxy) is 2. The van der Waals surface area contributed by atoms with Crippen molar-refractivity contribution in [3.05, 3.63) is 29.8 Å². The van der Waals surface area contributed by atoms with Gasteiger partial charge in [-0.2, -0.15) is 5.10 Å². The third-order valence-electron chi connectivity index (χ3n) is 3.95. The number of esters is 2. The third kappa shape index (κ3) is 2.16. The zero-order chi connectivity index (χ0) is 15.0. The highest BCUT2D eigenvalue weighted by molar-refractivity contribution is 6.38. The molecule has 21 heavy (non-hydrogen) atoms. The molecular formula is C15H16N2O4. The lowest BCUT2D eigenvalue weighted by molar-refractivity contribution is -0.133. The highest BCUT2D eigenvalue weighted by atomic mass is 16.5. The molecule has 110 valence electrons. The largest absolute Gasteiger partial charge is 0.464 e. The first-order valence-electron chi connectivity index (χ1n) is 6.85. The second-order valence-electron chi connectivity index (χ2n) is 5.12. The number of benzene rings is 1. The van der Waals surface area contributed by atoms with Crippen LogP contribution >= 0.6 is 0 Å². The van der Waals surface area contributed by atoms with Gasteiger partial charge >= 0.3 is 11.9 Å². The molecule has 0 bridgehead atoms. The molecular weight excluding hydrogens is 272 g/mol. The van der Waals surface area contributed by atoms with E-state index in [2.05, 4.69) is 5.10 Å². The van der Waals surface area contributed by atoms with E-state index in [9.17, 15) is 9.59 Å². The average molecular weight is 288 g/mol. The number of rotatable bonds is 1. The Bertz CT molecular complexity index is 626. The highest BCUT2D eigenvalue weighted by Gasteiger charge is 2.40. The standard InChI is InChI=1S/C15H16N2O4/c1-9-11-7-8-21-14(18)10-5-3-4-6-12(10)17(11)16-13(9)15(19)20-2/h3-6,9,11H,7-8H2,1-2H3/t9-,11-/m1/s1. The molecule has 0 spiro atoms. The van der Waals surface area contributed by atoms with Gasteiger partial charge in [0.05, 0.1) is 31.0 Å². The molecule has 6 heteroatoms. The van der Waals surface area contributed by atoms with Gasteiger partial charge < -0.3 is 9.47 Å². The van der Waals surface area contributed by atoms with E-state index in [0.29, 0.717) is 30.0 Å². The van der Waals surface area contributed by atoms with Crippen molar-refractivity contribution in [1.29, 1.82) is 0 Å². The fraction of sp³-hybridized carbons (Fsp3) is 0.400. The maximum Gasteiger partial charge on any atom is 0.354 e. The van der Waals surface area contributed by atoms with E-state index in [1.807, 2.05) is 19.1 Å². The number of para-hydroxylation sites is 1. The van der Waals surface area contributed by atoms with E-state index >= 15 is 0 Å². The summed E-state index contributed by atoms with van der Waals surface area (Å²) in [5.41, 5.74) is 1.51. The Morgan fingerprint density at radius 2 is 2.19 bits per heavy atom. The monoisotopic (exact) mass is 288 g/mol. The predicted molar refractivity (Wildman–Crippen MR) is 76.2 cm³/mol. The van der Waals surface area contributed by atoms with Crippen molar-refractivity contribution in [2.75, 3.05) is 18.7 Å². The first-order valence-corrected chi connectivity index (χ1v) is 6.85. The number of methoxy groups -OCH3 is 1. The molecule has 0 N–H and O–H groups in total. The number of hydrogen-bond acceptors (Lipinski definition) is 6. The second kappa shape index (κ2) is 5.20. The Balaban J connectivity index is 2.09. The maximum atomic E-state index is 12.0. The van der Waals surface area contributed by atoms with Crippen molar-refractivity contribution in [2.24, 2.45) is 11.0 Å². The number of carbonyl (C=O) groups excluding carboxylic acids is 2. The van der Waals surface area contributed by atoms with Gasteiger partial charge in [-0.15, -0.1) is 0 Å². The van der Waals surface area contributed by atoms with Gasteiger partial charge in [0, 0.05) is 12.3 Å². The second-order valence-corrected chi connectivity index (χ2v) is 5.12. The Labute approximate surface area is 122 Å². The van der Waals surface area contributed by atoms with Crippen molar-refractivity contribution >= 4 is 23.3 Å². The average Bonchev–Trinajstić information content (AvgIpc) is 2.82. The number of cyclic esters (lactones) is 1. The fourth-order valence-electron chi connectivity index (χ4n) is 2.81. The third-order valence-corrected chi connectivity index (χ3v) is 3.95. The minimum absolute atomic E-state index is 0.0200. The fourth-order valence-corrected chi connectivity index (χ4v) is 2.81. The van der Waals surface area contributed by atoms with Crippen molar-refractivity contribution in [3.63, 3.8) is 0 Å². The first kappa shape index (κ1) is 13.6. The van der Waals surface area contributed by atoms with Crippen molar-refractivity contribution in [2.45, 2.75) is 19.4 Å². The van der Waals surface area contributed by atoms with Crippen LogP contribution in [0.4, 0.5) is 5.69 Å². The Kier molecular flexibility index (Phi) is 3.37. The molecule has 6 nitrogen and oxygen atoms in total. The first-order chi connectivity index (χ1) is 10.1. The summed E-state index contributed by atoms with van der Waals surface area (Å²) < 4.78 is 10.0. The summed E-state index contributed by atoms with van der Waals surface area (Å²) in [6.07, 6.45) is 0.616. The van der Waals surface area contributed by atoms with Crippen LogP contribution in [0.5, 0.6) is 0 Å². The number of carbonyl (C=O) groups is 2. The lowest BCUT2D eigenvalue weighted by Gasteiger charge is -2.29. The Hall–Kier alpha value is -2.37. The summed E-state index contributed by atoms with van der Waals surface area (Å²) in [4.78, 5) is 23.8. The van der Waals surface area contributed by atoms with Crippen LogP contribution < -0.4 is 5.01 Å². The molecule has 3 rings (SSSR count). The lowest BCUT2D eigenvalue weighted by atomic mass is 9.94. The molecule has 2 heterocycles. The molecule has 0 aliphatic carbocycles. The quantitative estimate of drug-likeness (QED) is 0.734. The van der Waals surface area contributed by atoms with E-state index < -0.39 is 5.97 Å². The van der Waals surface area contributed by atoms with E-state index in [1.165, 1.54) is 7.11 Å². The molecule has 0 saturated heterocycles. The Morgan fingerprint density at radius 1 is 1.43 bits per heavy atom. The topological polar surface area (TPSA) is 68.2 Å². The molecule has 1 aromatic carbocycles. The smallest absolute Gasteiger partial charge is 0.354 e. The number of hydrazone groups is 1. The van der Waals surface area contributed by atoms with Crippen molar-refractivity contribution < 1.29 is 19.1 Å². The lowest BCUT2D eigenvalue weighted by Crippen LogP contribution is -2.37. The summed E-state index contributed by atoms with van der Waals surface area (Å²) in [7, 11) is 1.34. The number of nitrogens with zero attached hydrogens (tertiary/aromatic N) is 2. The van der Waals surface area contributed by atoms with Crippen LogP contribution in [-0.2, 0) is 14.3 Å². The summed E-state index contributed by atoms with van der Waals surface area (Å²) >= 11 is 0. The molecule has 1 aromatic rings. The van der Waals surface area contributed by atoms with Crippen molar-refractivity contribution in [3.8, 4) is 0 Å². The van der Waals surface area contributed by atoms with Crippen LogP contribution in [0.15, 0.2) is 29.4 Å². The van der Waals surface area contributed by atoms with Crippen LogP contribution in [-0.4, -0.2) is 37.4 Å². The number of hydrogen-bond donors (Lipinski definition) is 0. The maximum absolute atomic E-state index is 12.0. The van der Waals surface area contributed by atoms with E-state index in [1.54, 1.807) is 17.1 Å². The van der Waals surface area contributed by atoms with E-state index in [-0.39, 0.29) is 17.9 Å². The van der Waals surface area contributed by atoms with Crippen molar-refractivity contribution in [1.82, 2.24) is 0 Å². The minimum atomic E-state index is -0.432. The van der Waals surface area contributed by atoms with E-state index in [4.69, 9.17) is 9.47 Å².